The summed E-state index contributed by atoms with van der Waals surface area (Å²) < 4.78 is 5.87. The van der Waals surface area contributed by atoms with Gasteiger partial charge >= 0.3 is 0 Å². The molecule has 2 aromatic carbocycles. The van der Waals surface area contributed by atoms with Gasteiger partial charge < -0.3 is 15.8 Å². The molecule has 1 unspecified atom stereocenters. The predicted octanol–water partition coefficient (Wildman–Crippen LogP) is 4.94. The first-order valence-electron chi connectivity index (χ1n) is 9.94. The Labute approximate surface area is 206 Å². The van der Waals surface area contributed by atoms with Crippen molar-refractivity contribution in [2.45, 2.75) is 12.5 Å². The molecule has 0 saturated carbocycles. The molecule has 4 rings (SSSR count). The highest BCUT2D eigenvalue weighted by Gasteiger charge is 2.32. The van der Waals surface area contributed by atoms with Gasteiger partial charge in [0.15, 0.2) is 5.11 Å². The summed E-state index contributed by atoms with van der Waals surface area (Å²) in [6.45, 7) is 0. The van der Waals surface area contributed by atoms with Gasteiger partial charge in [0.1, 0.15) is 17.2 Å². The first-order valence-corrected chi connectivity index (χ1v) is 11.1. The Bertz CT molecular complexity index is 1250. The van der Waals surface area contributed by atoms with Gasteiger partial charge in [-0.3, -0.25) is 9.78 Å². The van der Waals surface area contributed by atoms with E-state index < -0.39 is 0 Å². The van der Waals surface area contributed by atoms with Crippen molar-refractivity contribution in [2.75, 3.05) is 7.05 Å². The Kier molecular flexibility index (Phi) is 6.78. The third-order valence-corrected chi connectivity index (χ3v) is 6.11. The fourth-order valence-electron chi connectivity index (χ4n) is 3.49. The monoisotopic (exact) mass is 499 g/mol. The molecule has 0 aliphatic carbocycles. The maximum atomic E-state index is 11.8. The van der Waals surface area contributed by atoms with Crippen LogP contribution in [0.2, 0.25) is 10.0 Å². The zero-order chi connectivity index (χ0) is 23.5. The molecule has 7 nitrogen and oxygen atoms in total. The van der Waals surface area contributed by atoms with E-state index >= 15 is 0 Å². The van der Waals surface area contributed by atoms with Crippen LogP contribution in [0.25, 0.3) is 0 Å². The number of carbonyl (C=O) groups excluding carboxylic acids is 1. The molecule has 0 saturated heterocycles. The lowest BCUT2D eigenvalue weighted by molar-refractivity contribution is 0.0958. The van der Waals surface area contributed by atoms with E-state index in [9.17, 15) is 4.79 Å². The average Bonchev–Trinajstić information content (AvgIpc) is 3.26. The van der Waals surface area contributed by atoms with Crippen LogP contribution in [0, 0.1) is 0 Å². The second-order valence-electron chi connectivity index (χ2n) is 7.17. The van der Waals surface area contributed by atoms with Gasteiger partial charge in [0, 0.05) is 25.7 Å². The van der Waals surface area contributed by atoms with Crippen LogP contribution >= 0.6 is 35.4 Å². The number of rotatable bonds is 5. The number of amides is 1. The van der Waals surface area contributed by atoms with Crippen LogP contribution in [-0.4, -0.2) is 33.8 Å². The summed E-state index contributed by atoms with van der Waals surface area (Å²) in [6, 6.07) is 15.9. The van der Waals surface area contributed by atoms with E-state index in [-0.39, 0.29) is 22.8 Å². The average molecular weight is 500 g/mol. The maximum Gasteiger partial charge on any atom is 0.269 e. The van der Waals surface area contributed by atoms with Crippen LogP contribution < -0.4 is 15.8 Å². The Morgan fingerprint density at radius 3 is 2.64 bits per heavy atom. The Balaban J connectivity index is 1.54. The molecule has 2 heterocycles. The number of thiocarbonyl (C=S) groups is 1. The Morgan fingerprint density at radius 1 is 1.18 bits per heavy atom. The first-order chi connectivity index (χ1) is 15.9. The fraction of sp³-hybridized carbons (Fsp3) is 0.130. The number of hydrogen-bond donors (Lipinski definition) is 2. The number of carbonyl (C=O) groups is 1. The van der Waals surface area contributed by atoms with Crippen LogP contribution in [0.1, 0.15) is 34.1 Å². The number of hydrazone groups is 1. The molecular weight excluding hydrogens is 481 g/mol. The van der Waals surface area contributed by atoms with Crippen LogP contribution in [0.4, 0.5) is 0 Å². The molecule has 10 heteroatoms. The van der Waals surface area contributed by atoms with Crippen molar-refractivity contribution < 1.29 is 9.53 Å². The van der Waals surface area contributed by atoms with Gasteiger partial charge in [-0.1, -0.05) is 35.3 Å². The van der Waals surface area contributed by atoms with Gasteiger partial charge in [0.2, 0.25) is 0 Å². The van der Waals surface area contributed by atoms with E-state index in [1.165, 1.54) is 6.20 Å². The van der Waals surface area contributed by atoms with Gasteiger partial charge in [-0.25, -0.2) is 5.01 Å². The quantitative estimate of drug-likeness (QED) is 0.483. The van der Waals surface area contributed by atoms with E-state index in [1.807, 2.05) is 36.4 Å². The van der Waals surface area contributed by atoms with E-state index in [2.05, 4.69) is 15.4 Å². The highest BCUT2D eigenvalue weighted by molar-refractivity contribution is 7.80. The molecule has 0 spiro atoms. The molecular formula is C23H19Cl2N5O2S. The third kappa shape index (κ3) is 4.93. The third-order valence-electron chi connectivity index (χ3n) is 5.09. The second kappa shape index (κ2) is 9.74. The second-order valence-corrected chi connectivity index (χ2v) is 8.38. The van der Waals surface area contributed by atoms with Crippen molar-refractivity contribution in [1.82, 2.24) is 15.3 Å². The summed E-state index contributed by atoms with van der Waals surface area (Å²) in [5.74, 6) is 0.823. The number of nitrogens with two attached hydrogens (primary N) is 1. The van der Waals surface area contributed by atoms with Gasteiger partial charge in [-0.05, 0) is 59.7 Å². The van der Waals surface area contributed by atoms with Gasteiger partial charge in [0.05, 0.1) is 21.8 Å². The number of benzene rings is 2. The van der Waals surface area contributed by atoms with Crippen molar-refractivity contribution >= 4 is 52.2 Å². The van der Waals surface area contributed by atoms with Crippen molar-refractivity contribution in [3.05, 3.63) is 87.7 Å². The molecule has 168 valence electrons. The van der Waals surface area contributed by atoms with Crippen molar-refractivity contribution in [2.24, 2.45) is 10.8 Å². The van der Waals surface area contributed by atoms with Crippen molar-refractivity contribution in [3.8, 4) is 11.5 Å². The maximum absolute atomic E-state index is 11.8. The highest BCUT2D eigenvalue weighted by Crippen LogP contribution is 2.39. The number of hydrogen-bond acceptors (Lipinski definition) is 5. The SMILES string of the molecule is CNC(=O)c1cc(Oc2ccc(C3=NN(C(N)=S)C(c4cccc(Cl)c4Cl)C3)cc2)ccn1. The number of nitrogens with zero attached hydrogens (tertiary/aromatic N) is 3. The van der Waals surface area contributed by atoms with Crippen LogP contribution in [0.3, 0.4) is 0 Å². The van der Waals surface area contributed by atoms with Crippen LogP contribution in [0.15, 0.2) is 65.9 Å². The summed E-state index contributed by atoms with van der Waals surface area (Å²) in [5.41, 5.74) is 8.71. The summed E-state index contributed by atoms with van der Waals surface area (Å²) in [5, 5.41) is 9.82. The lowest BCUT2D eigenvalue weighted by Crippen LogP contribution is -2.31. The molecule has 1 aliphatic rings. The molecule has 33 heavy (non-hydrogen) atoms. The number of nitrogens with one attached hydrogen (secondary N) is 1. The molecule has 1 aliphatic heterocycles. The summed E-state index contributed by atoms with van der Waals surface area (Å²) >= 11 is 17.8. The topological polar surface area (TPSA) is 92.8 Å². The largest absolute Gasteiger partial charge is 0.457 e. The minimum Gasteiger partial charge on any atom is -0.457 e. The first kappa shape index (κ1) is 23.0. The van der Waals surface area contributed by atoms with Crippen molar-refractivity contribution in [1.29, 1.82) is 0 Å². The molecule has 3 aromatic rings. The van der Waals surface area contributed by atoms with Crippen molar-refractivity contribution in [3.63, 3.8) is 0 Å². The molecule has 1 aromatic heterocycles. The summed E-state index contributed by atoms with van der Waals surface area (Å²) in [4.78, 5) is 15.8. The zero-order valence-electron chi connectivity index (χ0n) is 17.5. The fourth-order valence-corrected chi connectivity index (χ4v) is 4.09. The van der Waals surface area contributed by atoms with Crippen LogP contribution in [0.5, 0.6) is 11.5 Å². The lowest BCUT2D eigenvalue weighted by Gasteiger charge is -2.23. The lowest BCUT2D eigenvalue weighted by atomic mass is 9.98. The summed E-state index contributed by atoms with van der Waals surface area (Å²) in [7, 11) is 1.55. The molecule has 1 atom stereocenters. The highest BCUT2D eigenvalue weighted by atomic mass is 35.5. The predicted molar refractivity (Wildman–Crippen MR) is 133 cm³/mol. The normalized spacial score (nSPS) is 15.2. The van der Waals surface area contributed by atoms with Crippen LogP contribution in [-0.2, 0) is 0 Å². The number of pyridine rings is 1. The molecule has 1 amide bonds. The molecule has 0 bridgehead atoms. The molecule has 3 N–H and O–H groups in total. The Hall–Kier alpha value is -3.20. The van der Waals surface area contributed by atoms with E-state index in [4.69, 9.17) is 45.9 Å². The summed E-state index contributed by atoms with van der Waals surface area (Å²) in [6.07, 6.45) is 2.07. The number of ether oxygens (including phenoxy) is 1. The zero-order valence-corrected chi connectivity index (χ0v) is 19.8. The standard InChI is InChI=1S/C23H19Cl2N5O2S/c1-27-22(31)19-11-15(9-10-28-19)32-14-7-5-13(6-8-14)18-12-20(30(29-18)23(26)33)16-3-2-4-17(24)21(16)25/h2-11,20H,12H2,1H3,(H2,26,33)(H,27,31). The molecule has 0 radical (unpaired) electrons. The van der Waals surface area contributed by atoms with E-state index in [0.717, 1.165) is 16.8 Å². The molecule has 0 fully saturated rings. The number of halogens is 2. The Morgan fingerprint density at radius 2 is 1.94 bits per heavy atom. The minimum absolute atomic E-state index is 0.149. The van der Waals surface area contributed by atoms with Gasteiger partial charge in [-0.2, -0.15) is 5.10 Å². The van der Waals surface area contributed by atoms with Gasteiger partial charge in [0.25, 0.3) is 5.91 Å². The number of aromatic nitrogens is 1. The van der Waals surface area contributed by atoms with Gasteiger partial charge in [-0.15, -0.1) is 0 Å². The minimum atomic E-state index is -0.285. The smallest absolute Gasteiger partial charge is 0.269 e. The van der Waals surface area contributed by atoms with E-state index in [0.29, 0.717) is 28.0 Å². The van der Waals surface area contributed by atoms with E-state index in [1.54, 1.807) is 30.3 Å².